The summed E-state index contributed by atoms with van der Waals surface area (Å²) in [4.78, 5) is 2.10. The van der Waals surface area contributed by atoms with Crippen molar-refractivity contribution in [3.8, 4) is 0 Å². The summed E-state index contributed by atoms with van der Waals surface area (Å²) in [7, 11) is 1.67. The molecule has 0 amide bonds. The predicted octanol–water partition coefficient (Wildman–Crippen LogP) is 1.02. The summed E-state index contributed by atoms with van der Waals surface area (Å²) < 4.78 is 5.06. The largest absolute Gasteiger partial charge is 0.399 e. The van der Waals surface area contributed by atoms with Crippen LogP contribution in [0.1, 0.15) is 5.56 Å². The summed E-state index contributed by atoms with van der Waals surface area (Å²) >= 11 is 0. The highest BCUT2D eigenvalue weighted by molar-refractivity contribution is 5.59. The van der Waals surface area contributed by atoms with Crippen LogP contribution in [-0.4, -0.2) is 38.5 Å². The van der Waals surface area contributed by atoms with E-state index in [1.54, 1.807) is 7.11 Å². The molecule has 90 valence electrons. The van der Waals surface area contributed by atoms with E-state index in [4.69, 9.17) is 15.6 Å². The number of aryl methyl sites for hydroxylation is 1. The van der Waals surface area contributed by atoms with Gasteiger partial charge in [0.25, 0.3) is 0 Å². The summed E-state index contributed by atoms with van der Waals surface area (Å²) in [6.07, 6.45) is 0. The lowest BCUT2D eigenvalue weighted by Gasteiger charge is -2.25. The van der Waals surface area contributed by atoms with Gasteiger partial charge in [-0.25, -0.2) is 0 Å². The van der Waals surface area contributed by atoms with Crippen molar-refractivity contribution in [1.82, 2.24) is 0 Å². The van der Waals surface area contributed by atoms with Gasteiger partial charge in [0.1, 0.15) is 0 Å². The third kappa shape index (κ3) is 3.40. The van der Waals surface area contributed by atoms with Crippen LogP contribution in [0, 0.1) is 6.92 Å². The van der Waals surface area contributed by atoms with Crippen LogP contribution in [0.3, 0.4) is 0 Å². The minimum atomic E-state index is 0.132. The Morgan fingerprint density at radius 1 is 1.38 bits per heavy atom. The average Bonchev–Trinajstić information content (AvgIpc) is 2.25. The van der Waals surface area contributed by atoms with Crippen molar-refractivity contribution in [2.45, 2.75) is 6.92 Å². The zero-order chi connectivity index (χ0) is 12.0. The topological polar surface area (TPSA) is 58.7 Å². The summed E-state index contributed by atoms with van der Waals surface area (Å²) in [5.41, 5.74) is 8.68. The van der Waals surface area contributed by atoms with Crippen LogP contribution in [0.15, 0.2) is 18.2 Å². The van der Waals surface area contributed by atoms with Crippen LogP contribution in [0.2, 0.25) is 0 Å². The van der Waals surface area contributed by atoms with Crippen molar-refractivity contribution >= 4 is 11.4 Å². The first kappa shape index (κ1) is 12.8. The number of rotatable bonds is 6. The van der Waals surface area contributed by atoms with Gasteiger partial charge in [-0.15, -0.1) is 0 Å². The molecule has 0 unspecified atom stereocenters. The van der Waals surface area contributed by atoms with Gasteiger partial charge in [-0.2, -0.15) is 0 Å². The number of anilines is 2. The van der Waals surface area contributed by atoms with Crippen molar-refractivity contribution in [3.63, 3.8) is 0 Å². The van der Waals surface area contributed by atoms with Crippen LogP contribution in [-0.2, 0) is 4.74 Å². The molecular formula is C12H20N2O2. The number of hydrogen-bond donors (Lipinski definition) is 2. The van der Waals surface area contributed by atoms with E-state index in [1.165, 1.54) is 0 Å². The van der Waals surface area contributed by atoms with Crippen molar-refractivity contribution in [2.24, 2.45) is 0 Å². The standard InChI is InChI=1S/C12H20N2O2/c1-10-9-11(13)3-4-12(10)14(5-7-15)6-8-16-2/h3-4,9,15H,5-8,13H2,1-2H3. The number of nitrogen functional groups attached to an aromatic ring is 1. The van der Waals surface area contributed by atoms with E-state index in [-0.39, 0.29) is 6.61 Å². The fraction of sp³-hybridized carbons (Fsp3) is 0.500. The maximum absolute atomic E-state index is 9.04. The van der Waals surface area contributed by atoms with E-state index in [9.17, 15) is 0 Å². The van der Waals surface area contributed by atoms with E-state index < -0.39 is 0 Å². The zero-order valence-electron chi connectivity index (χ0n) is 9.94. The Labute approximate surface area is 96.6 Å². The minimum absolute atomic E-state index is 0.132. The second kappa shape index (κ2) is 6.35. The number of nitrogens with two attached hydrogens (primary N) is 1. The van der Waals surface area contributed by atoms with Gasteiger partial charge in [-0.1, -0.05) is 0 Å². The fourth-order valence-corrected chi connectivity index (χ4v) is 1.71. The number of aliphatic hydroxyl groups is 1. The molecule has 0 bridgehead atoms. The molecule has 0 saturated heterocycles. The molecule has 0 heterocycles. The Kier molecular flexibility index (Phi) is 5.08. The molecule has 0 fully saturated rings. The smallest absolute Gasteiger partial charge is 0.0637 e. The normalized spacial score (nSPS) is 10.4. The quantitative estimate of drug-likeness (QED) is 0.708. The summed E-state index contributed by atoms with van der Waals surface area (Å²) in [6, 6.07) is 5.79. The molecule has 0 aliphatic carbocycles. The Bertz CT molecular complexity index is 329. The van der Waals surface area contributed by atoms with Gasteiger partial charge >= 0.3 is 0 Å². The molecule has 3 N–H and O–H groups in total. The number of hydrogen-bond acceptors (Lipinski definition) is 4. The SMILES string of the molecule is COCCN(CCO)c1ccc(N)cc1C. The highest BCUT2D eigenvalue weighted by atomic mass is 16.5. The van der Waals surface area contributed by atoms with E-state index >= 15 is 0 Å². The molecule has 1 aromatic carbocycles. The van der Waals surface area contributed by atoms with E-state index in [0.717, 1.165) is 23.5 Å². The molecule has 0 aliphatic rings. The second-order valence-corrected chi connectivity index (χ2v) is 3.75. The molecule has 0 radical (unpaired) electrons. The number of methoxy groups -OCH3 is 1. The lowest BCUT2D eigenvalue weighted by Crippen LogP contribution is -2.30. The van der Waals surface area contributed by atoms with Crippen molar-refractivity contribution < 1.29 is 9.84 Å². The highest BCUT2D eigenvalue weighted by Crippen LogP contribution is 2.21. The molecule has 0 atom stereocenters. The van der Waals surface area contributed by atoms with Crippen LogP contribution in [0.5, 0.6) is 0 Å². The highest BCUT2D eigenvalue weighted by Gasteiger charge is 2.08. The van der Waals surface area contributed by atoms with Crippen LogP contribution in [0.4, 0.5) is 11.4 Å². The Hall–Kier alpha value is -1.26. The van der Waals surface area contributed by atoms with Gasteiger partial charge in [-0.3, -0.25) is 0 Å². The average molecular weight is 224 g/mol. The van der Waals surface area contributed by atoms with Gasteiger partial charge in [0.2, 0.25) is 0 Å². The van der Waals surface area contributed by atoms with Gasteiger partial charge in [0, 0.05) is 31.6 Å². The molecule has 0 aliphatic heterocycles. The van der Waals surface area contributed by atoms with Crippen molar-refractivity contribution in [1.29, 1.82) is 0 Å². The first-order chi connectivity index (χ1) is 7.69. The van der Waals surface area contributed by atoms with Gasteiger partial charge in [0.15, 0.2) is 0 Å². The van der Waals surface area contributed by atoms with Gasteiger partial charge in [0.05, 0.1) is 13.2 Å². The third-order valence-electron chi connectivity index (χ3n) is 2.50. The lowest BCUT2D eigenvalue weighted by atomic mass is 10.1. The Morgan fingerprint density at radius 2 is 2.12 bits per heavy atom. The van der Waals surface area contributed by atoms with Gasteiger partial charge in [-0.05, 0) is 30.7 Å². The number of ether oxygens (including phenoxy) is 1. The molecule has 4 heteroatoms. The molecule has 1 rings (SSSR count). The van der Waals surface area contributed by atoms with Crippen molar-refractivity contribution in [3.05, 3.63) is 23.8 Å². The van der Waals surface area contributed by atoms with E-state index in [1.807, 2.05) is 25.1 Å². The maximum atomic E-state index is 9.04. The zero-order valence-corrected chi connectivity index (χ0v) is 9.94. The summed E-state index contributed by atoms with van der Waals surface area (Å²) in [5.74, 6) is 0. The van der Waals surface area contributed by atoms with E-state index in [0.29, 0.717) is 13.2 Å². The first-order valence-electron chi connectivity index (χ1n) is 5.40. The molecular weight excluding hydrogens is 204 g/mol. The van der Waals surface area contributed by atoms with Crippen LogP contribution in [0.25, 0.3) is 0 Å². The molecule has 0 aromatic heterocycles. The molecule has 1 aromatic rings. The fourth-order valence-electron chi connectivity index (χ4n) is 1.71. The first-order valence-corrected chi connectivity index (χ1v) is 5.40. The van der Waals surface area contributed by atoms with Gasteiger partial charge < -0.3 is 20.5 Å². The number of benzene rings is 1. The van der Waals surface area contributed by atoms with Crippen LogP contribution >= 0.6 is 0 Å². The summed E-state index contributed by atoms with van der Waals surface area (Å²) in [6.45, 7) is 4.16. The van der Waals surface area contributed by atoms with E-state index in [2.05, 4.69) is 4.90 Å². The lowest BCUT2D eigenvalue weighted by molar-refractivity contribution is 0.203. The predicted molar refractivity (Wildman–Crippen MR) is 66.8 cm³/mol. The molecule has 16 heavy (non-hydrogen) atoms. The molecule has 0 spiro atoms. The number of aliphatic hydroxyl groups excluding tert-OH is 1. The second-order valence-electron chi connectivity index (χ2n) is 3.75. The Balaban J connectivity index is 2.82. The number of nitrogens with zero attached hydrogens (tertiary/aromatic N) is 1. The third-order valence-corrected chi connectivity index (χ3v) is 2.50. The minimum Gasteiger partial charge on any atom is -0.399 e. The monoisotopic (exact) mass is 224 g/mol. The maximum Gasteiger partial charge on any atom is 0.0637 e. The Morgan fingerprint density at radius 3 is 2.69 bits per heavy atom. The molecule has 0 saturated carbocycles. The summed E-state index contributed by atoms with van der Waals surface area (Å²) in [5, 5.41) is 9.04. The molecule has 4 nitrogen and oxygen atoms in total. The van der Waals surface area contributed by atoms with Crippen molar-refractivity contribution in [2.75, 3.05) is 44.0 Å². The van der Waals surface area contributed by atoms with Crippen LogP contribution < -0.4 is 10.6 Å².